The maximum Gasteiger partial charge on any atom is 0.303 e. The number of rotatable bonds is 5. The minimum absolute atomic E-state index is 0.0420. The van der Waals surface area contributed by atoms with E-state index in [-0.39, 0.29) is 13.0 Å². The number of aliphatic hydroxyl groups is 1. The van der Waals surface area contributed by atoms with Crippen LogP contribution in [0.1, 0.15) is 19.3 Å². The van der Waals surface area contributed by atoms with Crippen molar-refractivity contribution in [3.05, 3.63) is 12.2 Å². The minimum atomic E-state index is -0.800. The van der Waals surface area contributed by atoms with Gasteiger partial charge in [0.1, 0.15) is 0 Å². The molecule has 0 bridgehead atoms. The van der Waals surface area contributed by atoms with Crippen LogP contribution in [-0.2, 0) is 4.79 Å². The highest BCUT2D eigenvalue weighted by Crippen LogP contribution is 2.03. The lowest BCUT2D eigenvalue weighted by Crippen LogP contribution is -1.95. The van der Waals surface area contributed by atoms with Crippen molar-refractivity contribution in [1.29, 1.82) is 0 Å². The van der Waals surface area contributed by atoms with E-state index in [2.05, 4.69) is 6.58 Å². The Bertz CT molecular complexity index is 129. The quantitative estimate of drug-likeness (QED) is 0.561. The predicted molar refractivity (Wildman–Crippen MR) is 37.7 cm³/mol. The van der Waals surface area contributed by atoms with Crippen molar-refractivity contribution in [2.24, 2.45) is 0 Å². The molecule has 0 heterocycles. The molecule has 3 heteroatoms. The summed E-state index contributed by atoms with van der Waals surface area (Å²) in [6, 6.07) is 0. The smallest absolute Gasteiger partial charge is 0.303 e. The summed E-state index contributed by atoms with van der Waals surface area (Å²) in [6.07, 6.45) is 1.32. The van der Waals surface area contributed by atoms with Crippen LogP contribution in [0.5, 0.6) is 0 Å². The first-order valence-corrected chi connectivity index (χ1v) is 3.16. The van der Waals surface area contributed by atoms with E-state index in [4.69, 9.17) is 10.2 Å². The van der Waals surface area contributed by atoms with Crippen molar-refractivity contribution in [3.8, 4) is 0 Å². The average Bonchev–Trinajstić information content (AvgIpc) is 1.87. The molecule has 10 heavy (non-hydrogen) atoms. The zero-order valence-electron chi connectivity index (χ0n) is 5.84. The first-order chi connectivity index (χ1) is 4.66. The lowest BCUT2D eigenvalue weighted by Gasteiger charge is -1.97. The van der Waals surface area contributed by atoms with E-state index in [1.54, 1.807) is 0 Å². The van der Waals surface area contributed by atoms with Gasteiger partial charge in [-0.05, 0) is 12.8 Å². The molecule has 0 amide bonds. The van der Waals surface area contributed by atoms with Crippen molar-refractivity contribution in [2.45, 2.75) is 19.3 Å². The summed E-state index contributed by atoms with van der Waals surface area (Å²) >= 11 is 0. The largest absolute Gasteiger partial charge is 0.481 e. The van der Waals surface area contributed by atoms with Gasteiger partial charge in [0.25, 0.3) is 0 Å². The molecule has 0 atom stereocenters. The Morgan fingerprint density at radius 2 is 2.00 bits per heavy atom. The topological polar surface area (TPSA) is 57.5 Å². The van der Waals surface area contributed by atoms with Gasteiger partial charge in [-0.25, -0.2) is 0 Å². The van der Waals surface area contributed by atoms with E-state index in [0.29, 0.717) is 18.4 Å². The predicted octanol–water partition coefficient (Wildman–Crippen LogP) is 0.790. The van der Waals surface area contributed by atoms with Gasteiger partial charge in [0.15, 0.2) is 0 Å². The molecule has 0 fully saturated rings. The number of hydrogen-bond acceptors (Lipinski definition) is 2. The van der Waals surface area contributed by atoms with Gasteiger partial charge in [-0.1, -0.05) is 12.2 Å². The van der Waals surface area contributed by atoms with Gasteiger partial charge in [-0.3, -0.25) is 4.79 Å². The molecule has 0 unspecified atom stereocenters. The lowest BCUT2D eigenvalue weighted by atomic mass is 10.1. The number of aliphatic carboxylic acids is 1. The zero-order chi connectivity index (χ0) is 7.98. The van der Waals surface area contributed by atoms with Crippen LogP contribution in [0.4, 0.5) is 0 Å². The fourth-order valence-electron chi connectivity index (χ4n) is 0.569. The molecule has 0 aromatic rings. The summed E-state index contributed by atoms with van der Waals surface area (Å²) in [6.45, 7) is 3.49. The standard InChI is InChI=1S/C7H12O3/c1-6(5-8)3-2-4-7(9)10/h8H,1-5H2,(H,9,10). The molecule has 0 aromatic heterocycles. The number of hydrogen-bond donors (Lipinski definition) is 2. The van der Waals surface area contributed by atoms with Gasteiger partial charge in [0.05, 0.1) is 6.61 Å². The highest BCUT2D eigenvalue weighted by Gasteiger charge is 1.97. The Hall–Kier alpha value is -0.830. The average molecular weight is 144 g/mol. The van der Waals surface area contributed by atoms with E-state index in [9.17, 15) is 4.79 Å². The van der Waals surface area contributed by atoms with Gasteiger partial charge in [-0.2, -0.15) is 0 Å². The van der Waals surface area contributed by atoms with Gasteiger partial charge >= 0.3 is 5.97 Å². The fourth-order valence-corrected chi connectivity index (χ4v) is 0.569. The van der Waals surface area contributed by atoms with Gasteiger partial charge in [-0.15, -0.1) is 0 Å². The molecule has 0 spiro atoms. The van der Waals surface area contributed by atoms with Crippen LogP contribution in [0.2, 0.25) is 0 Å². The summed E-state index contributed by atoms with van der Waals surface area (Å²) in [5.41, 5.74) is 0.696. The molecule has 0 radical (unpaired) electrons. The fraction of sp³-hybridized carbons (Fsp3) is 0.571. The van der Waals surface area contributed by atoms with Crippen LogP contribution in [0.25, 0.3) is 0 Å². The third-order valence-corrected chi connectivity index (χ3v) is 1.14. The van der Waals surface area contributed by atoms with Gasteiger partial charge < -0.3 is 10.2 Å². The molecular weight excluding hydrogens is 132 g/mol. The summed E-state index contributed by atoms with van der Waals surface area (Å²) in [7, 11) is 0. The van der Waals surface area contributed by atoms with Crippen LogP contribution in [0.3, 0.4) is 0 Å². The summed E-state index contributed by atoms with van der Waals surface area (Å²) in [5.74, 6) is -0.800. The first kappa shape index (κ1) is 9.17. The van der Waals surface area contributed by atoms with Crippen molar-refractivity contribution in [1.82, 2.24) is 0 Å². The van der Waals surface area contributed by atoms with Gasteiger partial charge in [0.2, 0.25) is 0 Å². The van der Waals surface area contributed by atoms with E-state index >= 15 is 0 Å². The Morgan fingerprint density at radius 1 is 1.40 bits per heavy atom. The molecule has 0 aliphatic rings. The minimum Gasteiger partial charge on any atom is -0.481 e. The normalized spacial score (nSPS) is 9.30. The maximum atomic E-state index is 9.98. The van der Waals surface area contributed by atoms with E-state index in [1.165, 1.54) is 0 Å². The molecule has 3 nitrogen and oxygen atoms in total. The van der Waals surface area contributed by atoms with Crippen LogP contribution < -0.4 is 0 Å². The summed E-state index contributed by atoms with van der Waals surface area (Å²) in [5, 5.41) is 16.7. The lowest BCUT2D eigenvalue weighted by molar-refractivity contribution is -0.137. The number of carbonyl (C=O) groups is 1. The molecule has 0 rings (SSSR count). The highest BCUT2D eigenvalue weighted by atomic mass is 16.4. The SMILES string of the molecule is C=C(CO)CCCC(=O)O. The molecule has 0 saturated carbocycles. The number of aliphatic hydroxyl groups excluding tert-OH is 1. The molecule has 2 N–H and O–H groups in total. The van der Waals surface area contributed by atoms with Crippen molar-refractivity contribution in [3.63, 3.8) is 0 Å². The molecular formula is C7H12O3. The van der Waals surface area contributed by atoms with Gasteiger partial charge in [0, 0.05) is 6.42 Å². The van der Waals surface area contributed by atoms with E-state index in [1.807, 2.05) is 0 Å². The van der Waals surface area contributed by atoms with Crippen LogP contribution in [-0.4, -0.2) is 22.8 Å². The van der Waals surface area contributed by atoms with Crippen LogP contribution >= 0.6 is 0 Å². The Labute approximate surface area is 60.0 Å². The third-order valence-electron chi connectivity index (χ3n) is 1.14. The Balaban J connectivity index is 3.20. The maximum absolute atomic E-state index is 9.98. The number of carboxylic acids is 1. The molecule has 0 saturated heterocycles. The number of carboxylic acid groups (broad SMARTS) is 1. The third kappa shape index (κ3) is 5.31. The monoisotopic (exact) mass is 144 g/mol. The highest BCUT2D eigenvalue weighted by molar-refractivity contribution is 5.66. The molecule has 58 valence electrons. The van der Waals surface area contributed by atoms with Crippen LogP contribution in [0.15, 0.2) is 12.2 Å². The molecule has 0 aliphatic heterocycles. The van der Waals surface area contributed by atoms with Crippen molar-refractivity contribution >= 4 is 5.97 Å². The Kier molecular flexibility index (Phi) is 4.58. The second kappa shape index (κ2) is 4.99. The van der Waals surface area contributed by atoms with E-state index < -0.39 is 5.97 Å². The van der Waals surface area contributed by atoms with Crippen molar-refractivity contribution < 1.29 is 15.0 Å². The summed E-state index contributed by atoms with van der Waals surface area (Å²) < 4.78 is 0. The first-order valence-electron chi connectivity index (χ1n) is 3.16. The van der Waals surface area contributed by atoms with E-state index in [0.717, 1.165) is 0 Å². The van der Waals surface area contributed by atoms with Crippen LogP contribution in [0, 0.1) is 0 Å². The summed E-state index contributed by atoms with van der Waals surface area (Å²) in [4.78, 5) is 9.98. The zero-order valence-corrected chi connectivity index (χ0v) is 5.84. The second-order valence-corrected chi connectivity index (χ2v) is 2.16. The molecule has 0 aliphatic carbocycles. The molecule has 0 aromatic carbocycles. The van der Waals surface area contributed by atoms with Crippen molar-refractivity contribution in [2.75, 3.05) is 6.61 Å². The second-order valence-electron chi connectivity index (χ2n) is 2.16. The Morgan fingerprint density at radius 3 is 2.40 bits per heavy atom.